The van der Waals surface area contributed by atoms with Crippen LogP contribution in [-0.2, 0) is 9.59 Å². The Hall–Kier alpha value is -2.25. The van der Waals surface area contributed by atoms with Crippen LogP contribution in [0.1, 0.15) is 18.1 Å². The number of amides is 2. The van der Waals surface area contributed by atoms with E-state index in [0.29, 0.717) is 5.82 Å². The van der Waals surface area contributed by atoms with E-state index >= 15 is 0 Å². The zero-order valence-corrected chi connectivity index (χ0v) is 16.9. The number of hydrogen-bond acceptors (Lipinski definition) is 4. The van der Waals surface area contributed by atoms with Crippen LogP contribution in [0.25, 0.3) is 0 Å². The van der Waals surface area contributed by atoms with Crippen molar-refractivity contribution in [1.82, 2.24) is 9.88 Å². The van der Waals surface area contributed by atoms with Gasteiger partial charge in [0, 0.05) is 16.4 Å². The Balaban J connectivity index is 1.93. The Kier molecular flexibility index (Phi) is 6.88. The number of hydrogen-bond donors (Lipinski definition) is 2. The van der Waals surface area contributed by atoms with Crippen molar-refractivity contribution in [2.75, 3.05) is 24.2 Å². The average Bonchev–Trinajstić information content (AvgIpc) is 2.59. The molecule has 1 unspecified atom stereocenters. The average molecular weight is 419 g/mol. The van der Waals surface area contributed by atoms with Crippen molar-refractivity contribution in [3.8, 4) is 0 Å². The lowest BCUT2D eigenvalue weighted by Gasteiger charge is -2.24. The maximum absolute atomic E-state index is 12.5. The van der Waals surface area contributed by atoms with Crippen molar-refractivity contribution in [3.63, 3.8) is 0 Å². The lowest BCUT2D eigenvalue weighted by atomic mass is 10.1. The van der Waals surface area contributed by atoms with Crippen LogP contribution in [0, 0.1) is 13.8 Å². The van der Waals surface area contributed by atoms with E-state index < -0.39 is 6.04 Å². The van der Waals surface area contributed by atoms with Gasteiger partial charge >= 0.3 is 0 Å². The maximum atomic E-state index is 12.5. The molecule has 1 aromatic carbocycles. The third kappa shape index (κ3) is 5.37. The summed E-state index contributed by atoms with van der Waals surface area (Å²) in [4.78, 5) is 30.5. The number of aromatic nitrogens is 1. The first kappa shape index (κ1) is 20.1. The Morgan fingerprint density at radius 3 is 2.38 bits per heavy atom. The number of para-hydroxylation sites is 1. The fourth-order valence-electron chi connectivity index (χ4n) is 2.44. The van der Waals surface area contributed by atoms with Crippen LogP contribution in [0.15, 0.2) is 41.0 Å². The van der Waals surface area contributed by atoms with E-state index in [9.17, 15) is 9.59 Å². The van der Waals surface area contributed by atoms with Gasteiger partial charge in [-0.05, 0) is 67.0 Å². The lowest BCUT2D eigenvalue weighted by Crippen LogP contribution is -2.43. The highest BCUT2D eigenvalue weighted by molar-refractivity contribution is 9.10. The molecular formula is C19H23BrN4O2. The third-order valence-corrected chi connectivity index (χ3v) is 4.63. The summed E-state index contributed by atoms with van der Waals surface area (Å²) in [7, 11) is 1.74. The number of pyridine rings is 1. The summed E-state index contributed by atoms with van der Waals surface area (Å²) in [6.45, 7) is 5.76. The summed E-state index contributed by atoms with van der Waals surface area (Å²) < 4.78 is 0.837. The molecule has 0 saturated heterocycles. The van der Waals surface area contributed by atoms with Crippen LogP contribution in [-0.4, -0.2) is 41.3 Å². The van der Waals surface area contributed by atoms with Gasteiger partial charge in [0.2, 0.25) is 11.8 Å². The largest absolute Gasteiger partial charge is 0.324 e. The number of nitrogens with one attached hydrogen (secondary N) is 2. The fourth-order valence-corrected chi connectivity index (χ4v) is 2.67. The standard InChI is InChI=1S/C19H23BrN4O2/c1-12-6-5-7-13(2)18(12)23-19(26)14(3)24(4)11-17(25)22-16-9-8-15(20)10-21-16/h5-10,14H,11H2,1-4H3,(H,23,26)(H,21,22,25). The minimum Gasteiger partial charge on any atom is -0.324 e. The number of aryl methyl sites for hydroxylation is 2. The molecule has 2 amide bonds. The highest BCUT2D eigenvalue weighted by Crippen LogP contribution is 2.20. The highest BCUT2D eigenvalue weighted by atomic mass is 79.9. The van der Waals surface area contributed by atoms with Crippen LogP contribution < -0.4 is 10.6 Å². The molecule has 0 fully saturated rings. The van der Waals surface area contributed by atoms with E-state index in [1.54, 1.807) is 37.2 Å². The zero-order chi connectivity index (χ0) is 19.3. The smallest absolute Gasteiger partial charge is 0.241 e. The molecule has 2 N–H and O–H groups in total. The number of carbonyl (C=O) groups is 2. The zero-order valence-electron chi connectivity index (χ0n) is 15.3. The fraction of sp³-hybridized carbons (Fsp3) is 0.316. The summed E-state index contributed by atoms with van der Waals surface area (Å²) in [6.07, 6.45) is 1.61. The first-order valence-electron chi connectivity index (χ1n) is 8.26. The molecule has 0 bridgehead atoms. The van der Waals surface area contributed by atoms with Gasteiger partial charge in [0.15, 0.2) is 0 Å². The second kappa shape index (κ2) is 8.91. The van der Waals surface area contributed by atoms with Crippen molar-refractivity contribution in [3.05, 3.63) is 52.1 Å². The van der Waals surface area contributed by atoms with Crippen molar-refractivity contribution < 1.29 is 9.59 Å². The molecule has 26 heavy (non-hydrogen) atoms. The van der Waals surface area contributed by atoms with Gasteiger partial charge in [0.1, 0.15) is 5.82 Å². The summed E-state index contributed by atoms with van der Waals surface area (Å²) in [6, 6.07) is 8.91. The number of likely N-dealkylation sites (N-methyl/N-ethyl adjacent to an activating group) is 1. The molecule has 0 saturated carbocycles. The number of anilines is 2. The minimum absolute atomic E-state index is 0.0824. The Labute approximate surface area is 162 Å². The Bertz CT molecular complexity index is 772. The molecule has 138 valence electrons. The van der Waals surface area contributed by atoms with E-state index in [4.69, 9.17) is 0 Å². The van der Waals surface area contributed by atoms with Crippen molar-refractivity contribution >= 4 is 39.2 Å². The van der Waals surface area contributed by atoms with E-state index in [1.165, 1.54) is 0 Å². The topological polar surface area (TPSA) is 74.3 Å². The molecule has 1 atom stereocenters. The van der Waals surface area contributed by atoms with Gasteiger partial charge < -0.3 is 10.6 Å². The van der Waals surface area contributed by atoms with Crippen LogP contribution in [0.2, 0.25) is 0 Å². The quantitative estimate of drug-likeness (QED) is 0.753. The third-order valence-electron chi connectivity index (χ3n) is 4.16. The predicted octanol–water partition coefficient (Wildman–Crippen LogP) is 3.36. The molecule has 0 radical (unpaired) electrons. The van der Waals surface area contributed by atoms with Crippen molar-refractivity contribution in [2.24, 2.45) is 0 Å². The molecular weight excluding hydrogens is 396 g/mol. The number of nitrogens with zero attached hydrogens (tertiary/aromatic N) is 2. The first-order valence-corrected chi connectivity index (χ1v) is 9.06. The van der Waals surface area contributed by atoms with E-state index in [1.807, 2.05) is 32.0 Å². The Morgan fingerprint density at radius 2 is 1.81 bits per heavy atom. The molecule has 0 spiro atoms. The molecule has 1 heterocycles. The molecule has 6 nitrogen and oxygen atoms in total. The van der Waals surface area contributed by atoms with Gasteiger partial charge in [-0.15, -0.1) is 0 Å². The number of halogens is 1. The van der Waals surface area contributed by atoms with Gasteiger partial charge in [-0.3, -0.25) is 14.5 Å². The summed E-state index contributed by atoms with van der Waals surface area (Å²) in [5.74, 6) is 0.0905. The maximum Gasteiger partial charge on any atom is 0.241 e. The Morgan fingerprint density at radius 1 is 1.15 bits per heavy atom. The van der Waals surface area contributed by atoms with E-state index in [2.05, 4.69) is 31.5 Å². The van der Waals surface area contributed by atoms with Crippen molar-refractivity contribution in [2.45, 2.75) is 26.8 Å². The molecule has 2 aromatic rings. The SMILES string of the molecule is Cc1cccc(C)c1NC(=O)C(C)N(C)CC(=O)Nc1ccc(Br)cn1. The predicted molar refractivity (Wildman–Crippen MR) is 107 cm³/mol. The summed E-state index contributed by atoms with van der Waals surface area (Å²) >= 11 is 3.30. The second-order valence-electron chi connectivity index (χ2n) is 6.26. The van der Waals surface area contributed by atoms with Crippen LogP contribution in [0.4, 0.5) is 11.5 Å². The van der Waals surface area contributed by atoms with Crippen LogP contribution in [0.5, 0.6) is 0 Å². The van der Waals surface area contributed by atoms with Gasteiger partial charge in [-0.1, -0.05) is 18.2 Å². The second-order valence-corrected chi connectivity index (χ2v) is 7.17. The van der Waals surface area contributed by atoms with Crippen LogP contribution >= 0.6 is 15.9 Å². The molecule has 0 aliphatic rings. The van der Waals surface area contributed by atoms with Crippen LogP contribution in [0.3, 0.4) is 0 Å². The normalized spacial score (nSPS) is 11.9. The number of benzene rings is 1. The van der Waals surface area contributed by atoms with Gasteiger partial charge in [-0.25, -0.2) is 4.98 Å². The molecule has 0 aliphatic heterocycles. The molecule has 1 aromatic heterocycles. The van der Waals surface area contributed by atoms with Crippen molar-refractivity contribution in [1.29, 1.82) is 0 Å². The molecule has 0 aliphatic carbocycles. The van der Waals surface area contributed by atoms with Gasteiger partial charge in [-0.2, -0.15) is 0 Å². The van der Waals surface area contributed by atoms with Gasteiger partial charge in [0.25, 0.3) is 0 Å². The molecule has 7 heteroatoms. The molecule has 2 rings (SSSR count). The number of rotatable bonds is 6. The monoisotopic (exact) mass is 418 g/mol. The van der Waals surface area contributed by atoms with Gasteiger partial charge in [0.05, 0.1) is 12.6 Å². The minimum atomic E-state index is -0.461. The van der Waals surface area contributed by atoms with E-state index in [0.717, 1.165) is 21.3 Å². The first-order chi connectivity index (χ1) is 12.3. The summed E-state index contributed by atoms with van der Waals surface area (Å²) in [5.41, 5.74) is 2.83. The highest BCUT2D eigenvalue weighted by Gasteiger charge is 2.21. The summed E-state index contributed by atoms with van der Waals surface area (Å²) in [5, 5.41) is 5.68. The number of carbonyl (C=O) groups excluding carboxylic acids is 2. The lowest BCUT2D eigenvalue weighted by molar-refractivity contribution is -0.122. The van der Waals surface area contributed by atoms with E-state index in [-0.39, 0.29) is 18.4 Å².